The summed E-state index contributed by atoms with van der Waals surface area (Å²) in [5.74, 6) is 1.79. The number of hydrogen-bond acceptors (Lipinski definition) is 4. The first-order chi connectivity index (χ1) is 11.6. The Bertz CT molecular complexity index is 573. The fourth-order valence-corrected chi connectivity index (χ4v) is 4.53. The molecule has 2 aliphatic rings. The quantitative estimate of drug-likeness (QED) is 0.766. The van der Waals surface area contributed by atoms with E-state index in [2.05, 4.69) is 0 Å². The first-order valence-corrected chi connectivity index (χ1v) is 10.1. The number of likely N-dealkylation sites (tertiary alicyclic amines) is 1. The lowest BCUT2D eigenvalue weighted by Gasteiger charge is -2.33. The van der Waals surface area contributed by atoms with Gasteiger partial charge >= 0.3 is 0 Å². The van der Waals surface area contributed by atoms with Crippen LogP contribution in [-0.4, -0.2) is 49.2 Å². The van der Waals surface area contributed by atoms with Crippen molar-refractivity contribution in [1.82, 2.24) is 4.90 Å². The van der Waals surface area contributed by atoms with Crippen molar-refractivity contribution < 1.29 is 14.3 Å². The first kappa shape index (κ1) is 18.3. The monoisotopic (exact) mass is 389 g/mol. The number of amides is 1. The maximum atomic E-state index is 12.3. The number of carbonyl (C=O) groups is 1. The number of thioether (sulfide) groups is 1. The van der Waals surface area contributed by atoms with Gasteiger partial charge in [-0.2, -0.15) is 0 Å². The number of piperidine rings is 1. The van der Waals surface area contributed by atoms with Gasteiger partial charge in [-0.25, -0.2) is 0 Å². The van der Waals surface area contributed by atoms with Crippen LogP contribution in [0.15, 0.2) is 18.2 Å². The van der Waals surface area contributed by atoms with E-state index in [-0.39, 0.29) is 12.2 Å². The van der Waals surface area contributed by atoms with E-state index in [1.54, 1.807) is 17.8 Å². The lowest BCUT2D eigenvalue weighted by atomic mass is 9.96. The highest BCUT2D eigenvalue weighted by Gasteiger charge is 2.31. The zero-order chi connectivity index (χ0) is 16.9. The molecular formula is C17H21Cl2NO3S. The average Bonchev–Trinajstić information content (AvgIpc) is 3.11. The SMILES string of the molecule is O=C(CSCc1ccc(Cl)cc1Cl)N1CCC(C2OCCO2)CC1. The van der Waals surface area contributed by atoms with Crippen LogP contribution < -0.4 is 0 Å². The smallest absolute Gasteiger partial charge is 0.232 e. The highest BCUT2D eigenvalue weighted by Crippen LogP contribution is 2.27. The van der Waals surface area contributed by atoms with Crippen molar-refractivity contribution in [3.63, 3.8) is 0 Å². The van der Waals surface area contributed by atoms with Gasteiger partial charge < -0.3 is 14.4 Å². The molecule has 2 fully saturated rings. The molecule has 1 amide bonds. The summed E-state index contributed by atoms with van der Waals surface area (Å²) in [5.41, 5.74) is 1.01. The van der Waals surface area contributed by atoms with Gasteiger partial charge in [0, 0.05) is 34.8 Å². The predicted molar refractivity (Wildman–Crippen MR) is 97.6 cm³/mol. The first-order valence-electron chi connectivity index (χ1n) is 8.16. The van der Waals surface area contributed by atoms with Crippen LogP contribution in [0, 0.1) is 5.92 Å². The number of nitrogens with zero attached hydrogens (tertiary/aromatic N) is 1. The zero-order valence-electron chi connectivity index (χ0n) is 13.4. The molecule has 0 aliphatic carbocycles. The van der Waals surface area contributed by atoms with Gasteiger partial charge in [0.05, 0.1) is 19.0 Å². The van der Waals surface area contributed by atoms with Crippen molar-refractivity contribution in [2.45, 2.75) is 24.9 Å². The summed E-state index contributed by atoms with van der Waals surface area (Å²) < 4.78 is 11.1. The lowest BCUT2D eigenvalue weighted by Crippen LogP contribution is -2.42. The van der Waals surface area contributed by atoms with E-state index in [0.717, 1.165) is 31.5 Å². The number of rotatable bonds is 5. The molecule has 24 heavy (non-hydrogen) atoms. The number of ether oxygens (including phenoxy) is 2. The van der Waals surface area contributed by atoms with E-state index < -0.39 is 0 Å². The Labute approximate surface area is 156 Å². The molecule has 0 unspecified atom stereocenters. The topological polar surface area (TPSA) is 38.8 Å². The molecule has 2 aliphatic heterocycles. The second kappa shape index (κ2) is 8.77. The number of carbonyl (C=O) groups excluding carboxylic acids is 1. The maximum Gasteiger partial charge on any atom is 0.232 e. The van der Waals surface area contributed by atoms with Crippen LogP contribution in [0.4, 0.5) is 0 Å². The second-order valence-corrected chi connectivity index (χ2v) is 7.89. The Morgan fingerprint density at radius 2 is 1.92 bits per heavy atom. The fourth-order valence-electron chi connectivity index (χ4n) is 3.05. The standard InChI is InChI=1S/C17H21Cl2NO3S/c18-14-2-1-13(15(19)9-14)10-24-11-16(21)20-5-3-12(4-6-20)17-22-7-8-23-17/h1-2,9,12,17H,3-8,10-11H2. The number of halogens is 2. The summed E-state index contributed by atoms with van der Waals surface area (Å²) >= 11 is 13.6. The van der Waals surface area contributed by atoms with Crippen LogP contribution in [0.2, 0.25) is 10.0 Å². The minimum absolute atomic E-state index is 0.0660. The van der Waals surface area contributed by atoms with Crippen molar-refractivity contribution in [2.75, 3.05) is 32.1 Å². The summed E-state index contributed by atoms with van der Waals surface area (Å²) in [4.78, 5) is 14.3. The van der Waals surface area contributed by atoms with Gasteiger partial charge in [-0.05, 0) is 30.5 Å². The van der Waals surface area contributed by atoms with Crippen molar-refractivity contribution in [2.24, 2.45) is 5.92 Å². The molecule has 4 nitrogen and oxygen atoms in total. The molecule has 2 heterocycles. The van der Waals surface area contributed by atoms with E-state index >= 15 is 0 Å². The van der Waals surface area contributed by atoms with Gasteiger partial charge in [0.1, 0.15) is 0 Å². The van der Waals surface area contributed by atoms with Crippen LogP contribution >= 0.6 is 35.0 Å². The van der Waals surface area contributed by atoms with Gasteiger partial charge in [-0.1, -0.05) is 29.3 Å². The van der Waals surface area contributed by atoms with Crippen LogP contribution in [-0.2, 0) is 20.0 Å². The van der Waals surface area contributed by atoms with Gasteiger partial charge in [-0.15, -0.1) is 11.8 Å². The Kier molecular flexibility index (Phi) is 6.70. The average molecular weight is 390 g/mol. The molecule has 0 aromatic heterocycles. The van der Waals surface area contributed by atoms with Gasteiger partial charge in [0.2, 0.25) is 5.91 Å². The Balaban J connectivity index is 1.39. The van der Waals surface area contributed by atoms with Crippen LogP contribution in [0.5, 0.6) is 0 Å². The largest absolute Gasteiger partial charge is 0.350 e. The Morgan fingerprint density at radius 1 is 1.21 bits per heavy atom. The number of benzene rings is 1. The third kappa shape index (κ3) is 4.79. The zero-order valence-corrected chi connectivity index (χ0v) is 15.7. The summed E-state index contributed by atoms with van der Waals surface area (Å²) in [7, 11) is 0. The molecule has 7 heteroatoms. The van der Waals surface area contributed by atoms with Crippen molar-refractivity contribution in [1.29, 1.82) is 0 Å². The number of hydrogen-bond donors (Lipinski definition) is 0. The van der Waals surface area contributed by atoms with Gasteiger partial charge in [0.15, 0.2) is 6.29 Å². The van der Waals surface area contributed by atoms with Gasteiger partial charge in [-0.3, -0.25) is 4.79 Å². The van der Waals surface area contributed by atoms with E-state index in [1.165, 1.54) is 0 Å². The van der Waals surface area contributed by atoms with E-state index in [0.29, 0.717) is 40.7 Å². The molecule has 132 valence electrons. The van der Waals surface area contributed by atoms with Crippen LogP contribution in [0.3, 0.4) is 0 Å². The molecule has 0 bridgehead atoms. The fraction of sp³-hybridized carbons (Fsp3) is 0.588. The molecule has 3 rings (SSSR count). The third-order valence-corrected chi connectivity index (χ3v) is 5.98. The molecule has 0 radical (unpaired) electrons. The predicted octanol–water partition coefficient (Wildman–Crippen LogP) is 3.84. The highest BCUT2D eigenvalue weighted by molar-refractivity contribution is 7.99. The molecule has 0 atom stereocenters. The van der Waals surface area contributed by atoms with Crippen LogP contribution in [0.1, 0.15) is 18.4 Å². The summed E-state index contributed by atoms with van der Waals surface area (Å²) in [5, 5.41) is 1.28. The molecular weight excluding hydrogens is 369 g/mol. The molecule has 1 aromatic carbocycles. The van der Waals surface area contributed by atoms with E-state index in [1.807, 2.05) is 17.0 Å². The summed E-state index contributed by atoms with van der Waals surface area (Å²) in [6.07, 6.45) is 1.83. The molecule has 0 saturated carbocycles. The second-order valence-electron chi connectivity index (χ2n) is 6.06. The van der Waals surface area contributed by atoms with Crippen molar-refractivity contribution in [3.8, 4) is 0 Å². The highest BCUT2D eigenvalue weighted by atomic mass is 35.5. The minimum atomic E-state index is -0.0660. The molecule has 0 spiro atoms. The van der Waals surface area contributed by atoms with E-state index in [4.69, 9.17) is 32.7 Å². The van der Waals surface area contributed by atoms with Crippen molar-refractivity contribution >= 4 is 40.9 Å². The molecule has 2 saturated heterocycles. The minimum Gasteiger partial charge on any atom is -0.350 e. The normalized spacial score (nSPS) is 19.8. The lowest BCUT2D eigenvalue weighted by molar-refractivity contribution is -0.134. The Morgan fingerprint density at radius 3 is 2.58 bits per heavy atom. The van der Waals surface area contributed by atoms with Gasteiger partial charge in [0.25, 0.3) is 0 Å². The van der Waals surface area contributed by atoms with Crippen LogP contribution in [0.25, 0.3) is 0 Å². The summed E-state index contributed by atoms with van der Waals surface area (Å²) in [6.45, 7) is 2.95. The van der Waals surface area contributed by atoms with Crippen molar-refractivity contribution in [3.05, 3.63) is 33.8 Å². The Hall–Kier alpha value is -0.460. The maximum absolute atomic E-state index is 12.3. The molecule has 1 aromatic rings. The van der Waals surface area contributed by atoms with E-state index in [9.17, 15) is 4.79 Å². The third-order valence-electron chi connectivity index (χ3n) is 4.42. The molecule has 0 N–H and O–H groups in total. The summed E-state index contributed by atoms with van der Waals surface area (Å²) in [6, 6.07) is 5.47.